The highest BCUT2D eigenvalue weighted by Crippen LogP contribution is 2.48. The van der Waals surface area contributed by atoms with Crippen molar-refractivity contribution in [3.8, 4) is 5.75 Å². The lowest BCUT2D eigenvalue weighted by Gasteiger charge is -2.39. The summed E-state index contributed by atoms with van der Waals surface area (Å²) < 4.78 is 7.92. The van der Waals surface area contributed by atoms with E-state index in [0.29, 0.717) is 24.6 Å². The van der Waals surface area contributed by atoms with E-state index in [0.717, 1.165) is 55.8 Å². The normalized spacial score (nSPS) is 19.9. The number of hydrogen-bond acceptors (Lipinski definition) is 7. The molecule has 7 rings (SSSR count). The standard InChI is InChI=1S/C31H35N7O3/c1-22-17-25(41-21-30(9-10-30)23-5-3-2-4-6-23)18-38-28(22)33-27(35-38)26(39)19-37-20-31(34-29(37)40)11-15-36(16-12-31)24-7-13-32-14-8-24/h2-8,13-14,17-18,26,39H,9-12,15-16,19-21H2,1H3,(H,34,40). The van der Waals surface area contributed by atoms with Gasteiger partial charge in [0.2, 0.25) is 0 Å². The predicted molar refractivity (Wildman–Crippen MR) is 154 cm³/mol. The van der Waals surface area contributed by atoms with E-state index in [1.165, 1.54) is 5.56 Å². The second-order valence-corrected chi connectivity index (χ2v) is 11.8. The van der Waals surface area contributed by atoms with Gasteiger partial charge in [-0.2, -0.15) is 0 Å². The Morgan fingerprint density at radius 3 is 2.56 bits per heavy atom. The number of nitrogens with one attached hydrogen (secondary N) is 1. The van der Waals surface area contributed by atoms with Crippen LogP contribution in [0.25, 0.3) is 5.65 Å². The molecule has 3 aliphatic rings. The van der Waals surface area contributed by atoms with Gasteiger partial charge >= 0.3 is 6.03 Å². The van der Waals surface area contributed by atoms with Gasteiger partial charge < -0.3 is 25.0 Å². The first kappa shape index (κ1) is 25.8. The van der Waals surface area contributed by atoms with E-state index < -0.39 is 6.10 Å². The number of hydrogen-bond donors (Lipinski definition) is 2. The number of rotatable bonds is 8. The van der Waals surface area contributed by atoms with Crippen molar-refractivity contribution in [3.63, 3.8) is 0 Å². The maximum atomic E-state index is 12.9. The zero-order chi connectivity index (χ0) is 28.0. The molecule has 1 unspecified atom stereocenters. The lowest BCUT2D eigenvalue weighted by Crippen LogP contribution is -2.52. The minimum Gasteiger partial charge on any atom is -0.491 e. The topological polar surface area (TPSA) is 108 Å². The highest BCUT2D eigenvalue weighted by Gasteiger charge is 2.46. The fraction of sp³-hybridized carbons (Fsp3) is 0.419. The number of β-amino-alcohol motifs (C(OH)–C–C–N with tert-alkyl or cyclic N) is 1. The van der Waals surface area contributed by atoms with Crippen molar-refractivity contribution in [2.24, 2.45) is 0 Å². The fourth-order valence-electron chi connectivity index (χ4n) is 6.29. The SMILES string of the molecule is Cc1cc(OCC2(c3ccccc3)CC2)cn2nc(C(O)CN3CC4(CCN(c5ccncc5)CC4)NC3=O)nc12. The van der Waals surface area contributed by atoms with Gasteiger partial charge in [0.15, 0.2) is 11.5 Å². The fourth-order valence-corrected chi connectivity index (χ4v) is 6.29. The van der Waals surface area contributed by atoms with Gasteiger partial charge in [-0.3, -0.25) is 4.98 Å². The van der Waals surface area contributed by atoms with Crippen LogP contribution in [0.2, 0.25) is 0 Å². The molecule has 10 nitrogen and oxygen atoms in total. The van der Waals surface area contributed by atoms with Crippen molar-refractivity contribution < 1.29 is 14.6 Å². The lowest BCUT2D eigenvalue weighted by molar-refractivity contribution is 0.121. The van der Waals surface area contributed by atoms with Crippen LogP contribution < -0.4 is 15.0 Å². The number of piperidine rings is 1. The van der Waals surface area contributed by atoms with Crippen molar-refractivity contribution in [3.05, 3.63) is 84.1 Å². The molecule has 10 heteroatoms. The maximum Gasteiger partial charge on any atom is 0.318 e. The predicted octanol–water partition coefficient (Wildman–Crippen LogP) is 3.64. The third-order valence-electron chi connectivity index (χ3n) is 8.96. The van der Waals surface area contributed by atoms with E-state index in [1.54, 1.807) is 21.8 Å². The Labute approximate surface area is 239 Å². The number of urea groups is 1. The van der Waals surface area contributed by atoms with Crippen molar-refractivity contribution in [1.82, 2.24) is 29.8 Å². The quantitative estimate of drug-likeness (QED) is 0.343. The molecule has 0 radical (unpaired) electrons. The van der Waals surface area contributed by atoms with E-state index in [9.17, 15) is 9.90 Å². The summed E-state index contributed by atoms with van der Waals surface area (Å²) in [6.07, 6.45) is 8.35. The molecule has 1 aliphatic carbocycles. The molecule has 1 saturated carbocycles. The number of aromatic nitrogens is 4. The van der Waals surface area contributed by atoms with Crippen LogP contribution in [0.1, 0.15) is 48.7 Å². The molecule has 3 fully saturated rings. The number of carbonyl (C=O) groups is 1. The molecular weight excluding hydrogens is 518 g/mol. The van der Waals surface area contributed by atoms with Crippen LogP contribution in [-0.4, -0.2) is 73.9 Å². The lowest BCUT2D eigenvalue weighted by atomic mass is 9.88. The molecule has 2 amide bonds. The van der Waals surface area contributed by atoms with E-state index >= 15 is 0 Å². The summed E-state index contributed by atoms with van der Waals surface area (Å²) in [7, 11) is 0. The van der Waals surface area contributed by atoms with Crippen LogP contribution in [0.4, 0.5) is 10.5 Å². The van der Waals surface area contributed by atoms with E-state index in [4.69, 9.17) is 4.74 Å². The Kier molecular flexibility index (Phi) is 6.30. The molecule has 2 saturated heterocycles. The second-order valence-electron chi connectivity index (χ2n) is 11.8. The third-order valence-corrected chi connectivity index (χ3v) is 8.96. The van der Waals surface area contributed by atoms with Crippen LogP contribution in [0.5, 0.6) is 5.75 Å². The Morgan fingerprint density at radius 1 is 1.07 bits per heavy atom. The van der Waals surface area contributed by atoms with Crippen LogP contribution in [0.3, 0.4) is 0 Å². The van der Waals surface area contributed by atoms with Crippen molar-refractivity contribution in [1.29, 1.82) is 0 Å². The Hall–Kier alpha value is -4.18. The van der Waals surface area contributed by atoms with Crippen LogP contribution in [-0.2, 0) is 5.41 Å². The number of pyridine rings is 2. The van der Waals surface area contributed by atoms with Gasteiger partial charge in [-0.15, -0.1) is 5.10 Å². The Morgan fingerprint density at radius 2 is 1.83 bits per heavy atom. The first-order valence-corrected chi connectivity index (χ1v) is 14.4. The average molecular weight is 554 g/mol. The number of anilines is 1. The van der Waals surface area contributed by atoms with Crippen LogP contribution in [0, 0.1) is 6.92 Å². The van der Waals surface area contributed by atoms with Crippen molar-refractivity contribution >= 4 is 17.4 Å². The molecule has 0 bridgehead atoms. The minimum absolute atomic E-state index is 0.0805. The molecular formula is C31H35N7O3. The number of aliphatic hydroxyl groups excluding tert-OH is 1. The molecule has 2 aliphatic heterocycles. The number of ether oxygens (including phenoxy) is 1. The number of amides is 2. The molecule has 3 aromatic heterocycles. The van der Waals surface area contributed by atoms with Crippen LogP contribution in [0.15, 0.2) is 67.1 Å². The Balaban J connectivity index is 0.996. The summed E-state index contributed by atoms with van der Waals surface area (Å²) in [4.78, 5) is 25.6. The molecule has 5 heterocycles. The summed E-state index contributed by atoms with van der Waals surface area (Å²) in [5, 5.41) is 18.9. The summed E-state index contributed by atoms with van der Waals surface area (Å²) in [5.74, 6) is 1.02. The molecule has 1 spiro atoms. The zero-order valence-electron chi connectivity index (χ0n) is 23.2. The van der Waals surface area contributed by atoms with Gasteiger partial charge in [0.05, 0.1) is 24.9 Å². The maximum absolute atomic E-state index is 12.9. The number of fused-ring (bicyclic) bond motifs is 1. The summed E-state index contributed by atoms with van der Waals surface area (Å²) in [5.41, 5.74) is 3.84. The van der Waals surface area contributed by atoms with E-state index in [1.807, 2.05) is 37.4 Å². The number of benzene rings is 1. The average Bonchev–Trinajstić information content (AvgIpc) is 3.57. The molecule has 212 valence electrons. The number of aliphatic hydroxyl groups is 1. The van der Waals surface area contributed by atoms with Crippen LogP contribution >= 0.6 is 0 Å². The number of aryl methyl sites for hydroxylation is 1. The number of nitrogens with zero attached hydrogens (tertiary/aromatic N) is 6. The van der Waals surface area contributed by atoms with Gasteiger partial charge in [-0.05, 0) is 61.9 Å². The molecule has 1 atom stereocenters. The highest BCUT2D eigenvalue weighted by atomic mass is 16.5. The minimum atomic E-state index is -0.996. The van der Waals surface area contributed by atoms with Gasteiger partial charge in [0.1, 0.15) is 11.9 Å². The molecule has 1 aromatic carbocycles. The van der Waals surface area contributed by atoms with E-state index in [2.05, 4.69) is 49.5 Å². The second kappa shape index (κ2) is 10.0. The Bertz CT molecular complexity index is 1550. The smallest absolute Gasteiger partial charge is 0.318 e. The zero-order valence-corrected chi connectivity index (χ0v) is 23.2. The first-order chi connectivity index (χ1) is 19.9. The number of carbonyl (C=O) groups excluding carboxylic acids is 1. The van der Waals surface area contributed by atoms with Gasteiger partial charge in [-0.25, -0.2) is 14.3 Å². The molecule has 4 aromatic rings. The highest BCUT2D eigenvalue weighted by molar-refractivity contribution is 5.78. The summed E-state index contributed by atoms with van der Waals surface area (Å²) in [6.45, 7) is 4.97. The van der Waals surface area contributed by atoms with Gasteiger partial charge in [-0.1, -0.05) is 30.3 Å². The molecule has 41 heavy (non-hydrogen) atoms. The monoisotopic (exact) mass is 553 g/mol. The largest absolute Gasteiger partial charge is 0.491 e. The molecule has 2 N–H and O–H groups in total. The van der Waals surface area contributed by atoms with Crippen molar-refractivity contribution in [2.75, 3.05) is 37.7 Å². The van der Waals surface area contributed by atoms with Gasteiger partial charge in [0, 0.05) is 43.1 Å². The van der Waals surface area contributed by atoms with Gasteiger partial charge in [0.25, 0.3) is 0 Å². The third kappa shape index (κ3) is 4.97. The first-order valence-electron chi connectivity index (χ1n) is 14.4. The van der Waals surface area contributed by atoms with Crippen molar-refractivity contribution in [2.45, 2.75) is 49.7 Å². The summed E-state index contributed by atoms with van der Waals surface area (Å²) >= 11 is 0. The summed E-state index contributed by atoms with van der Waals surface area (Å²) in [6, 6.07) is 16.4. The van der Waals surface area contributed by atoms with E-state index in [-0.39, 0.29) is 23.5 Å².